The second-order valence-electron chi connectivity index (χ2n) is 7.38. The van der Waals surface area contributed by atoms with E-state index in [1.807, 2.05) is 6.92 Å². The number of quaternary nitrogens is 1. The third-order valence-electron chi connectivity index (χ3n) is 5.04. The second kappa shape index (κ2) is 14.9. The Morgan fingerprint density at radius 1 is 1.15 bits per heavy atom. The zero-order valence-corrected chi connectivity index (χ0v) is 19.3. The highest BCUT2D eigenvalue weighted by Crippen LogP contribution is 2.20. The number of halogens is 2. The van der Waals surface area contributed by atoms with Crippen LogP contribution in [0.25, 0.3) is 0 Å². The van der Waals surface area contributed by atoms with Crippen LogP contribution in [-0.2, 0) is 4.79 Å². The Bertz CT molecular complexity index is 465. The van der Waals surface area contributed by atoms with Crippen molar-refractivity contribution in [1.29, 1.82) is 5.41 Å². The minimum atomic E-state index is -0.930. The third kappa shape index (κ3) is 12.9. The monoisotopic (exact) mass is 427 g/mol. The molecule has 162 valence electrons. The van der Waals surface area contributed by atoms with E-state index in [9.17, 15) is 4.79 Å². The van der Waals surface area contributed by atoms with Crippen molar-refractivity contribution in [3.8, 4) is 0 Å². The van der Waals surface area contributed by atoms with Crippen LogP contribution in [0.2, 0.25) is 0 Å². The number of carbonyl (C=O) groups excluding carboxylic acids is 1. The number of nitrogens with zero attached hydrogens (tertiary/aromatic N) is 2. The number of hydrogen-bond acceptors (Lipinski definition) is 3. The van der Waals surface area contributed by atoms with Crippen LogP contribution in [0.15, 0.2) is 4.99 Å². The Kier molecular flexibility index (Phi) is 17.0. The number of hydrogen-bond donors (Lipinski definition) is 4. The van der Waals surface area contributed by atoms with Gasteiger partial charge in [0.1, 0.15) is 5.54 Å². The Hall–Kier alpha value is -1.05. The molecule has 27 heavy (non-hydrogen) atoms. The maximum Gasteiger partial charge on any atom is 0.247 e. The summed E-state index contributed by atoms with van der Waals surface area (Å²) in [6, 6.07) is 0. The molecule has 0 rings (SSSR count). The first-order valence-corrected chi connectivity index (χ1v) is 9.35. The van der Waals surface area contributed by atoms with Crippen LogP contribution >= 0.6 is 24.8 Å². The number of aliphatic imine (C=N–C) groups is 1. The molecule has 6 N–H and O–H groups in total. The van der Waals surface area contributed by atoms with E-state index >= 15 is 0 Å². The maximum atomic E-state index is 12.7. The van der Waals surface area contributed by atoms with Crippen LogP contribution in [0.5, 0.6) is 0 Å². The summed E-state index contributed by atoms with van der Waals surface area (Å²) < 4.78 is 0.919. The predicted octanol–water partition coefficient (Wildman–Crippen LogP) is 2.45. The van der Waals surface area contributed by atoms with Crippen LogP contribution in [0.3, 0.4) is 0 Å². The summed E-state index contributed by atoms with van der Waals surface area (Å²) in [5.74, 6) is -0.182. The lowest BCUT2D eigenvalue weighted by Gasteiger charge is -2.32. The number of amides is 1. The maximum absolute atomic E-state index is 12.7. The Labute approximate surface area is 177 Å². The lowest BCUT2D eigenvalue weighted by molar-refractivity contribution is -0.904. The molecule has 0 heterocycles. The summed E-state index contributed by atoms with van der Waals surface area (Å²) in [5, 5.41) is 10.5. The normalized spacial score (nSPS) is 12.8. The number of carbonyl (C=O) groups is 1. The van der Waals surface area contributed by atoms with E-state index < -0.39 is 5.54 Å². The molecule has 0 aliphatic rings. The van der Waals surface area contributed by atoms with E-state index in [-0.39, 0.29) is 36.7 Å². The van der Waals surface area contributed by atoms with E-state index in [0.717, 1.165) is 49.8 Å². The quantitative estimate of drug-likeness (QED) is 0.156. The zero-order valence-electron chi connectivity index (χ0n) is 17.6. The summed E-state index contributed by atoms with van der Waals surface area (Å²) >= 11 is 0. The highest BCUT2D eigenvalue weighted by Gasteiger charge is 2.32. The minimum Gasteiger partial charge on any atom is -0.370 e. The van der Waals surface area contributed by atoms with Crippen molar-refractivity contribution < 1.29 is 9.28 Å². The van der Waals surface area contributed by atoms with E-state index in [1.165, 1.54) is 0 Å². The molecule has 1 amide bonds. The second-order valence-corrected chi connectivity index (χ2v) is 7.38. The molecule has 0 bridgehead atoms. The molecule has 0 saturated heterocycles. The largest absolute Gasteiger partial charge is 0.370 e. The summed E-state index contributed by atoms with van der Waals surface area (Å²) in [6.07, 6.45) is 4.17. The van der Waals surface area contributed by atoms with Crippen molar-refractivity contribution in [2.45, 2.75) is 65.3 Å². The van der Waals surface area contributed by atoms with Gasteiger partial charge in [-0.05, 0) is 47.0 Å². The molecule has 7 nitrogen and oxygen atoms in total. The van der Waals surface area contributed by atoms with Gasteiger partial charge in [0.05, 0.1) is 33.2 Å². The molecular weight excluding hydrogens is 387 g/mol. The molecule has 0 aliphatic heterocycles. The van der Waals surface area contributed by atoms with E-state index in [1.54, 1.807) is 6.92 Å². The average Bonchev–Trinajstić information content (AvgIpc) is 2.53. The number of guanidine groups is 1. The van der Waals surface area contributed by atoms with Crippen LogP contribution in [-0.4, -0.2) is 60.8 Å². The van der Waals surface area contributed by atoms with Crippen LogP contribution in [0, 0.1) is 5.41 Å². The molecule has 1 atom stereocenters. The lowest BCUT2D eigenvalue weighted by Crippen LogP contribution is -2.51. The predicted molar refractivity (Wildman–Crippen MR) is 120 cm³/mol. The van der Waals surface area contributed by atoms with Crippen molar-refractivity contribution in [2.75, 3.05) is 33.2 Å². The first-order chi connectivity index (χ1) is 11.6. The van der Waals surface area contributed by atoms with Crippen molar-refractivity contribution in [3.05, 3.63) is 0 Å². The SMILES string of the molecule is CC[N+](C)(CC)CCNC(=O)C(C)(CCCCCC(C)=N)N=C(N)N.Cl.Cl. The van der Waals surface area contributed by atoms with Gasteiger partial charge in [-0.1, -0.05) is 12.8 Å². The minimum absolute atomic E-state index is 0. The summed E-state index contributed by atoms with van der Waals surface area (Å²) in [6.45, 7) is 11.5. The average molecular weight is 428 g/mol. The molecule has 0 aliphatic carbocycles. The molecule has 0 fully saturated rings. The van der Waals surface area contributed by atoms with Gasteiger partial charge in [-0.2, -0.15) is 0 Å². The number of rotatable bonds is 13. The van der Waals surface area contributed by atoms with Crippen LogP contribution in [0.4, 0.5) is 0 Å². The van der Waals surface area contributed by atoms with Gasteiger partial charge in [-0.25, -0.2) is 4.99 Å². The van der Waals surface area contributed by atoms with Crippen molar-refractivity contribution in [1.82, 2.24) is 5.32 Å². The smallest absolute Gasteiger partial charge is 0.247 e. The molecule has 0 radical (unpaired) electrons. The van der Waals surface area contributed by atoms with Gasteiger partial charge in [0.25, 0.3) is 0 Å². The van der Waals surface area contributed by atoms with Gasteiger partial charge in [-0.15, -0.1) is 24.8 Å². The molecule has 0 aromatic carbocycles. The van der Waals surface area contributed by atoms with Gasteiger partial charge in [-0.3, -0.25) is 4.79 Å². The molecule has 0 saturated carbocycles. The lowest BCUT2D eigenvalue weighted by atomic mass is 9.93. The van der Waals surface area contributed by atoms with E-state index in [0.29, 0.717) is 18.7 Å². The summed E-state index contributed by atoms with van der Waals surface area (Å²) in [7, 11) is 2.19. The number of unbranched alkanes of at least 4 members (excludes halogenated alkanes) is 2. The van der Waals surface area contributed by atoms with Gasteiger partial charge in [0.15, 0.2) is 5.96 Å². The van der Waals surface area contributed by atoms with Crippen LogP contribution in [0.1, 0.15) is 59.8 Å². The van der Waals surface area contributed by atoms with Gasteiger partial charge in [0, 0.05) is 5.71 Å². The number of likely N-dealkylation sites (N-methyl/N-ethyl adjacent to an activating group) is 1. The fourth-order valence-corrected chi connectivity index (χ4v) is 2.71. The van der Waals surface area contributed by atoms with Crippen molar-refractivity contribution in [3.63, 3.8) is 0 Å². The molecule has 0 aromatic heterocycles. The van der Waals surface area contributed by atoms with Gasteiger partial charge >= 0.3 is 0 Å². The fourth-order valence-electron chi connectivity index (χ4n) is 2.71. The highest BCUT2D eigenvalue weighted by molar-refractivity contribution is 5.89. The Morgan fingerprint density at radius 2 is 1.70 bits per heavy atom. The Morgan fingerprint density at radius 3 is 2.15 bits per heavy atom. The van der Waals surface area contributed by atoms with Gasteiger partial charge < -0.3 is 26.7 Å². The Balaban J connectivity index is -0.00000288. The summed E-state index contributed by atoms with van der Waals surface area (Å²) in [4.78, 5) is 16.9. The first-order valence-electron chi connectivity index (χ1n) is 9.35. The third-order valence-corrected chi connectivity index (χ3v) is 5.04. The molecule has 0 spiro atoms. The van der Waals surface area contributed by atoms with E-state index in [2.05, 4.69) is 31.2 Å². The molecule has 9 heteroatoms. The van der Waals surface area contributed by atoms with E-state index in [4.69, 9.17) is 16.9 Å². The van der Waals surface area contributed by atoms with Crippen LogP contribution < -0.4 is 16.8 Å². The van der Waals surface area contributed by atoms with Crippen molar-refractivity contribution in [2.24, 2.45) is 16.5 Å². The fraction of sp³-hybridized carbons (Fsp3) is 0.833. The highest BCUT2D eigenvalue weighted by atomic mass is 35.5. The standard InChI is InChI=1S/C18H38N6O.2ClH/c1-6-24(5,7-2)14-13-22-16(25)18(4,23-17(20)21)12-10-8-9-11-15(3)19;;/h19H,6-14H2,1-5H3,(H4-,20,21,22,23,25);2*1H/p+1. The zero-order chi connectivity index (χ0) is 19.5. The van der Waals surface area contributed by atoms with Crippen molar-refractivity contribution >= 4 is 42.4 Å². The summed E-state index contributed by atoms with van der Waals surface area (Å²) in [5.41, 5.74) is 10.9. The van der Waals surface area contributed by atoms with Gasteiger partial charge in [0.2, 0.25) is 5.91 Å². The number of nitrogens with two attached hydrogens (primary N) is 2. The first kappa shape index (κ1) is 30.7. The number of nitrogens with one attached hydrogen (secondary N) is 2. The molecular formula is C18H41Cl2N6O+. The topological polar surface area (TPSA) is 117 Å². The molecule has 0 aromatic rings. The molecule has 1 unspecified atom stereocenters.